The molecule has 120 valence electrons. The summed E-state index contributed by atoms with van der Waals surface area (Å²) in [4.78, 5) is 24.9. The maximum Gasteiger partial charge on any atom is 0.303 e. The number of rotatable bonds is 6. The van der Waals surface area contributed by atoms with E-state index in [0.29, 0.717) is 18.8 Å². The predicted octanol–water partition coefficient (Wildman–Crippen LogP) is 3.42. The van der Waals surface area contributed by atoms with E-state index in [4.69, 9.17) is 5.11 Å². The Morgan fingerprint density at radius 1 is 1.32 bits per heavy atom. The number of carboxylic acid groups (broad SMARTS) is 1. The molecule has 0 saturated carbocycles. The third-order valence-electron chi connectivity index (χ3n) is 4.00. The number of carbonyl (C=O) groups excluding carboxylic acids is 1. The van der Waals surface area contributed by atoms with Gasteiger partial charge in [-0.3, -0.25) is 9.59 Å². The topological polar surface area (TPSA) is 57.6 Å². The van der Waals surface area contributed by atoms with E-state index < -0.39 is 5.97 Å². The molecule has 0 aromatic heterocycles. The first-order valence-corrected chi connectivity index (χ1v) is 8.11. The molecule has 1 aromatic carbocycles. The number of carbonyl (C=O) groups is 2. The minimum Gasteiger partial charge on any atom is -0.481 e. The fourth-order valence-corrected chi connectivity index (χ4v) is 2.97. The lowest BCUT2D eigenvalue weighted by molar-refractivity contribution is -0.137. The molecule has 22 heavy (non-hydrogen) atoms. The highest BCUT2D eigenvalue weighted by molar-refractivity contribution is 5.94. The summed E-state index contributed by atoms with van der Waals surface area (Å²) < 4.78 is 0. The summed E-state index contributed by atoms with van der Waals surface area (Å²) in [6.45, 7) is 4.93. The fourth-order valence-electron chi connectivity index (χ4n) is 2.97. The molecular formula is C18H25NO3. The van der Waals surface area contributed by atoms with Crippen molar-refractivity contribution >= 4 is 17.6 Å². The van der Waals surface area contributed by atoms with Gasteiger partial charge in [-0.15, -0.1) is 0 Å². The van der Waals surface area contributed by atoms with Gasteiger partial charge >= 0.3 is 5.97 Å². The van der Waals surface area contributed by atoms with E-state index in [9.17, 15) is 9.59 Å². The minimum absolute atomic E-state index is 0.203. The van der Waals surface area contributed by atoms with Crippen LogP contribution in [0.5, 0.6) is 0 Å². The van der Waals surface area contributed by atoms with E-state index in [1.807, 2.05) is 17.0 Å². The van der Waals surface area contributed by atoms with Crippen molar-refractivity contribution in [3.05, 3.63) is 29.3 Å². The van der Waals surface area contributed by atoms with E-state index in [1.54, 1.807) is 0 Å². The maximum absolute atomic E-state index is 12.4. The predicted molar refractivity (Wildman–Crippen MR) is 87.1 cm³/mol. The van der Waals surface area contributed by atoms with Crippen molar-refractivity contribution in [1.82, 2.24) is 0 Å². The molecule has 1 heterocycles. The molecule has 0 saturated heterocycles. The van der Waals surface area contributed by atoms with Gasteiger partial charge in [-0.2, -0.15) is 0 Å². The number of nitrogens with zero attached hydrogens (tertiary/aromatic N) is 1. The van der Waals surface area contributed by atoms with Crippen LogP contribution in [0.1, 0.15) is 50.7 Å². The number of aliphatic carboxylic acids is 1. The lowest BCUT2D eigenvalue weighted by atomic mass is 9.96. The highest BCUT2D eigenvalue weighted by Gasteiger charge is 2.23. The van der Waals surface area contributed by atoms with Gasteiger partial charge in [0, 0.05) is 25.1 Å². The van der Waals surface area contributed by atoms with Crippen LogP contribution in [0.2, 0.25) is 0 Å². The minimum atomic E-state index is -0.747. The zero-order chi connectivity index (χ0) is 16.1. The van der Waals surface area contributed by atoms with Gasteiger partial charge in [0.1, 0.15) is 0 Å². The Kier molecular flexibility index (Phi) is 5.58. The first kappa shape index (κ1) is 16.5. The summed E-state index contributed by atoms with van der Waals surface area (Å²) in [6.07, 6.45) is 4.21. The van der Waals surface area contributed by atoms with Gasteiger partial charge in [-0.1, -0.05) is 26.0 Å². The molecule has 0 radical (unpaired) electrons. The molecule has 1 aliphatic heterocycles. The Hall–Kier alpha value is -1.84. The number of hydrogen-bond acceptors (Lipinski definition) is 2. The third kappa shape index (κ3) is 4.33. The lowest BCUT2D eigenvalue weighted by Gasteiger charge is -2.30. The molecule has 1 aliphatic rings. The maximum atomic E-state index is 12.4. The number of hydrogen-bond donors (Lipinski definition) is 1. The summed E-state index contributed by atoms with van der Waals surface area (Å²) in [5, 5.41) is 8.71. The van der Waals surface area contributed by atoms with Gasteiger partial charge in [0.15, 0.2) is 0 Å². The Morgan fingerprint density at radius 3 is 2.77 bits per heavy atom. The van der Waals surface area contributed by atoms with Gasteiger partial charge in [0.05, 0.1) is 0 Å². The normalized spacial score (nSPS) is 14.0. The number of amides is 1. The molecule has 1 aromatic rings. The molecule has 1 N–H and O–H groups in total. The van der Waals surface area contributed by atoms with E-state index in [1.165, 1.54) is 5.56 Å². The van der Waals surface area contributed by atoms with Crippen molar-refractivity contribution in [2.45, 2.75) is 52.4 Å². The van der Waals surface area contributed by atoms with E-state index in [0.717, 1.165) is 37.1 Å². The second-order valence-electron chi connectivity index (χ2n) is 6.46. The van der Waals surface area contributed by atoms with Crippen LogP contribution in [0, 0.1) is 5.92 Å². The smallest absolute Gasteiger partial charge is 0.303 e. The van der Waals surface area contributed by atoms with Crippen molar-refractivity contribution in [2.24, 2.45) is 5.92 Å². The first-order chi connectivity index (χ1) is 10.5. The number of anilines is 1. The van der Waals surface area contributed by atoms with Gasteiger partial charge < -0.3 is 10.0 Å². The number of fused-ring (bicyclic) bond motifs is 1. The van der Waals surface area contributed by atoms with Crippen molar-refractivity contribution in [3.63, 3.8) is 0 Å². The summed E-state index contributed by atoms with van der Waals surface area (Å²) in [6, 6.07) is 6.20. The quantitative estimate of drug-likeness (QED) is 0.876. The van der Waals surface area contributed by atoms with Crippen molar-refractivity contribution in [3.8, 4) is 0 Å². The monoisotopic (exact) mass is 303 g/mol. The second kappa shape index (κ2) is 7.43. The summed E-state index contributed by atoms with van der Waals surface area (Å²) in [5.74, 6) is -0.175. The third-order valence-corrected chi connectivity index (χ3v) is 4.00. The Labute approximate surface area is 132 Å². The number of aryl methyl sites for hydroxylation is 2. The molecule has 1 amide bonds. The van der Waals surface area contributed by atoms with Crippen LogP contribution in [0.3, 0.4) is 0 Å². The first-order valence-electron chi connectivity index (χ1n) is 8.11. The lowest BCUT2D eigenvalue weighted by Crippen LogP contribution is -2.36. The largest absolute Gasteiger partial charge is 0.481 e. The average Bonchev–Trinajstić information content (AvgIpc) is 2.45. The fraction of sp³-hybridized carbons (Fsp3) is 0.556. The highest BCUT2D eigenvalue weighted by Crippen LogP contribution is 2.29. The SMILES string of the molecule is CC(C)CC(=O)N1CCCc2cc(CCCC(=O)O)ccc21. The van der Waals surface area contributed by atoms with Gasteiger partial charge in [-0.05, 0) is 48.8 Å². The standard InChI is InChI=1S/C18H25NO3/c1-13(2)11-17(20)19-10-4-6-15-12-14(8-9-16(15)19)5-3-7-18(21)22/h8-9,12-13H,3-7,10-11H2,1-2H3,(H,21,22). The van der Waals surface area contributed by atoms with Gasteiger partial charge in [0.25, 0.3) is 0 Å². The van der Waals surface area contributed by atoms with Crippen LogP contribution in [0.15, 0.2) is 18.2 Å². The molecular weight excluding hydrogens is 278 g/mol. The second-order valence-corrected chi connectivity index (χ2v) is 6.46. The van der Waals surface area contributed by atoms with Crippen molar-refractivity contribution in [1.29, 1.82) is 0 Å². The van der Waals surface area contributed by atoms with Crippen LogP contribution in [0.25, 0.3) is 0 Å². The molecule has 0 bridgehead atoms. The van der Waals surface area contributed by atoms with Crippen molar-refractivity contribution in [2.75, 3.05) is 11.4 Å². The number of benzene rings is 1. The molecule has 0 unspecified atom stereocenters. The van der Waals surface area contributed by atoms with Crippen molar-refractivity contribution < 1.29 is 14.7 Å². The zero-order valence-corrected chi connectivity index (χ0v) is 13.5. The van der Waals surface area contributed by atoms with Crippen LogP contribution in [0.4, 0.5) is 5.69 Å². The van der Waals surface area contributed by atoms with Crippen LogP contribution < -0.4 is 4.90 Å². The molecule has 4 nitrogen and oxygen atoms in total. The van der Waals surface area contributed by atoms with Crippen LogP contribution >= 0.6 is 0 Å². The van der Waals surface area contributed by atoms with Gasteiger partial charge in [-0.25, -0.2) is 0 Å². The highest BCUT2D eigenvalue weighted by atomic mass is 16.4. The van der Waals surface area contributed by atoms with E-state index in [2.05, 4.69) is 19.9 Å². The van der Waals surface area contributed by atoms with Crippen LogP contribution in [-0.2, 0) is 22.4 Å². The zero-order valence-electron chi connectivity index (χ0n) is 13.5. The number of carboxylic acids is 1. The summed E-state index contributed by atoms with van der Waals surface area (Å²) in [7, 11) is 0. The summed E-state index contributed by atoms with van der Waals surface area (Å²) >= 11 is 0. The molecule has 0 atom stereocenters. The summed E-state index contributed by atoms with van der Waals surface area (Å²) in [5.41, 5.74) is 3.42. The van der Waals surface area contributed by atoms with E-state index >= 15 is 0 Å². The molecule has 2 rings (SSSR count). The molecule has 0 spiro atoms. The Morgan fingerprint density at radius 2 is 2.09 bits per heavy atom. The molecule has 4 heteroatoms. The van der Waals surface area contributed by atoms with E-state index in [-0.39, 0.29) is 12.3 Å². The van der Waals surface area contributed by atoms with Crippen LogP contribution in [-0.4, -0.2) is 23.5 Å². The molecule has 0 aliphatic carbocycles. The Bertz CT molecular complexity index is 551. The molecule has 0 fully saturated rings. The van der Waals surface area contributed by atoms with Gasteiger partial charge in [0.2, 0.25) is 5.91 Å². The Balaban J connectivity index is 2.09. The average molecular weight is 303 g/mol.